The van der Waals surface area contributed by atoms with Gasteiger partial charge in [-0.25, -0.2) is 9.38 Å². The summed E-state index contributed by atoms with van der Waals surface area (Å²) in [5, 5.41) is 15.6. The van der Waals surface area contributed by atoms with Crippen molar-refractivity contribution in [2.24, 2.45) is 4.99 Å². The lowest BCUT2D eigenvalue weighted by molar-refractivity contribution is 0.0243. The van der Waals surface area contributed by atoms with Crippen LogP contribution in [0.15, 0.2) is 23.2 Å². The molecular formula is C17H27FIN3O2. The van der Waals surface area contributed by atoms with Crippen molar-refractivity contribution in [3.63, 3.8) is 0 Å². The van der Waals surface area contributed by atoms with E-state index in [0.29, 0.717) is 24.6 Å². The van der Waals surface area contributed by atoms with Gasteiger partial charge >= 0.3 is 0 Å². The summed E-state index contributed by atoms with van der Waals surface area (Å²) in [6.07, 6.45) is 2.13. The van der Waals surface area contributed by atoms with Gasteiger partial charge in [0.15, 0.2) is 5.96 Å². The number of ether oxygens (including phenoxy) is 1. The minimum atomic E-state index is -0.392. The second-order valence-electron chi connectivity index (χ2n) is 6.03. The molecule has 0 aromatic heterocycles. The molecule has 0 amide bonds. The van der Waals surface area contributed by atoms with E-state index in [-0.39, 0.29) is 36.2 Å². The van der Waals surface area contributed by atoms with Crippen molar-refractivity contribution in [3.8, 4) is 0 Å². The smallest absolute Gasteiger partial charge is 0.191 e. The van der Waals surface area contributed by atoms with Crippen molar-refractivity contribution in [3.05, 3.63) is 35.1 Å². The molecule has 1 saturated heterocycles. The second kappa shape index (κ2) is 10.1. The van der Waals surface area contributed by atoms with Gasteiger partial charge in [-0.15, -0.1) is 24.0 Å². The SMILES string of the molecule is CCNC(=NCc1ccc(F)c(CO)c1)NCC1(C)CCCO1.I. The van der Waals surface area contributed by atoms with E-state index in [1.54, 1.807) is 12.1 Å². The fourth-order valence-corrected chi connectivity index (χ4v) is 2.61. The average Bonchev–Trinajstić information content (AvgIpc) is 2.98. The van der Waals surface area contributed by atoms with Crippen molar-refractivity contribution in [1.82, 2.24) is 10.6 Å². The zero-order chi connectivity index (χ0) is 16.7. The minimum absolute atomic E-state index is 0. The third-order valence-electron chi connectivity index (χ3n) is 3.97. The highest BCUT2D eigenvalue weighted by molar-refractivity contribution is 14.0. The zero-order valence-corrected chi connectivity index (χ0v) is 16.6. The Morgan fingerprint density at radius 3 is 2.83 bits per heavy atom. The number of aliphatic hydroxyl groups excluding tert-OH is 1. The van der Waals surface area contributed by atoms with Crippen LogP contribution in [0.4, 0.5) is 4.39 Å². The van der Waals surface area contributed by atoms with Crippen LogP contribution in [0.2, 0.25) is 0 Å². The molecule has 1 atom stereocenters. The van der Waals surface area contributed by atoms with Gasteiger partial charge in [-0.05, 0) is 44.4 Å². The van der Waals surface area contributed by atoms with Crippen LogP contribution in [-0.4, -0.2) is 36.4 Å². The molecule has 0 spiro atoms. The van der Waals surface area contributed by atoms with E-state index in [2.05, 4.69) is 22.5 Å². The molecule has 2 rings (SSSR count). The largest absolute Gasteiger partial charge is 0.392 e. The molecule has 1 unspecified atom stereocenters. The molecule has 1 aromatic carbocycles. The van der Waals surface area contributed by atoms with Crippen LogP contribution in [-0.2, 0) is 17.9 Å². The summed E-state index contributed by atoms with van der Waals surface area (Å²) in [5.41, 5.74) is 1.01. The number of rotatable bonds is 6. The van der Waals surface area contributed by atoms with Gasteiger partial charge < -0.3 is 20.5 Å². The quantitative estimate of drug-likeness (QED) is 0.354. The Hall–Kier alpha value is -0.930. The van der Waals surface area contributed by atoms with Crippen molar-refractivity contribution in [2.75, 3.05) is 19.7 Å². The minimum Gasteiger partial charge on any atom is -0.392 e. The Bertz CT molecular complexity index is 549. The highest BCUT2D eigenvalue weighted by Crippen LogP contribution is 2.23. The van der Waals surface area contributed by atoms with Crippen LogP contribution >= 0.6 is 24.0 Å². The molecule has 0 radical (unpaired) electrons. The standard InChI is InChI=1S/C17H26FN3O2.HI/c1-3-19-16(21-12-17(2)7-4-8-23-17)20-10-13-5-6-15(18)14(9-13)11-22;/h5-6,9,22H,3-4,7-8,10-12H2,1-2H3,(H2,19,20,21);1H. The van der Waals surface area contributed by atoms with Crippen LogP contribution in [0.25, 0.3) is 0 Å². The van der Waals surface area contributed by atoms with Gasteiger partial charge in [-0.3, -0.25) is 0 Å². The molecule has 7 heteroatoms. The van der Waals surface area contributed by atoms with E-state index in [9.17, 15) is 4.39 Å². The molecule has 136 valence electrons. The number of hydrogen-bond donors (Lipinski definition) is 3. The Morgan fingerprint density at radius 1 is 1.42 bits per heavy atom. The van der Waals surface area contributed by atoms with E-state index in [4.69, 9.17) is 9.84 Å². The predicted octanol–water partition coefficient (Wildman–Crippen LogP) is 2.56. The molecule has 1 aliphatic rings. The van der Waals surface area contributed by atoms with E-state index < -0.39 is 5.82 Å². The Balaban J connectivity index is 0.00000288. The summed E-state index contributed by atoms with van der Waals surface area (Å²) >= 11 is 0. The lowest BCUT2D eigenvalue weighted by atomic mass is 10.0. The maximum Gasteiger partial charge on any atom is 0.191 e. The number of guanidine groups is 1. The van der Waals surface area contributed by atoms with Crippen LogP contribution in [0.1, 0.15) is 37.8 Å². The molecule has 1 fully saturated rings. The van der Waals surface area contributed by atoms with Gasteiger partial charge in [0.1, 0.15) is 5.82 Å². The summed E-state index contributed by atoms with van der Waals surface area (Å²) in [6, 6.07) is 4.69. The molecule has 0 aliphatic carbocycles. The van der Waals surface area contributed by atoms with Gasteiger partial charge in [0.25, 0.3) is 0 Å². The lowest BCUT2D eigenvalue weighted by Gasteiger charge is -2.24. The first-order valence-corrected chi connectivity index (χ1v) is 8.10. The molecular weight excluding hydrogens is 424 g/mol. The number of nitrogens with zero attached hydrogens (tertiary/aromatic N) is 1. The summed E-state index contributed by atoms with van der Waals surface area (Å²) in [4.78, 5) is 4.52. The maximum absolute atomic E-state index is 13.4. The normalized spacial score (nSPS) is 20.6. The first-order valence-electron chi connectivity index (χ1n) is 8.10. The Morgan fingerprint density at radius 2 is 2.21 bits per heavy atom. The Labute approximate surface area is 160 Å². The van der Waals surface area contributed by atoms with Crippen LogP contribution in [0.5, 0.6) is 0 Å². The number of aliphatic imine (C=N–C) groups is 1. The van der Waals surface area contributed by atoms with Gasteiger partial charge in [0.2, 0.25) is 0 Å². The summed E-state index contributed by atoms with van der Waals surface area (Å²) in [7, 11) is 0. The third kappa shape index (κ3) is 6.18. The zero-order valence-electron chi connectivity index (χ0n) is 14.3. The highest BCUT2D eigenvalue weighted by Gasteiger charge is 2.29. The molecule has 1 heterocycles. The third-order valence-corrected chi connectivity index (χ3v) is 3.97. The lowest BCUT2D eigenvalue weighted by Crippen LogP contribution is -2.45. The Kier molecular flexibility index (Phi) is 8.93. The van der Waals surface area contributed by atoms with Crippen molar-refractivity contribution >= 4 is 29.9 Å². The van der Waals surface area contributed by atoms with Crippen molar-refractivity contribution in [1.29, 1.82) is 0 Å². The number of hydrogen-bond acceptors (Lipinski definition) is 3. The van der Waals surface area contributed by atoms with E-state index >= 15 is 0 Å². The van der Waals surface area contributed by atoms with E-state index in [1.807, 2.05) is 6.92 Å². The predicted molar refractivity (Wildman–Crippen MR) is 104 cm³/mol. The molecule has 24 heavy (non-hydrogen) atoms. The fraction of sp³-hybridized carbons (Fsp3) is 0.588. The number of aliphatic hydroxyl groups is 1. The molecule has 5 nitrogen and oxygen atoms in total. The second-order valence-corrected chi connectivity index (χ2v) is 6.03. The summed E-state index contributed by atoms with van der Waals surface area (Å²) in [5.74, 6) is 0.315. The first kappa shape index (κ1) is 21.1. The van der Waals surface area contributed by atoms with Crippen molar-refractivity contribution in [2.45, 2.75) is 45.4 Å². The molecule has 0 saturated carbocycles. The van der Waals surface area contributed by atoms with E-state index in [1.165, 1.54) is 6.07 Å². The summed E-state index contributed by atoms with van der Waals surface area (Å²) in [6.45, 7) is 6.48. The number of benzene rings is 1. The van der Waals surface area contributed by atoms with Gasteiger partial charge in [-0.1, -0.05) is 6.07 Å². The van der Waals surface area contributed by atoms with Crippen LogP contribution < -0.4 is 10.6 Å². The number of halogens is 2. The first-order chi connectivity index (χ1) is 11.1. The van der Waals surface area contributed by atoms with Crippen LogP contribution in [0, 0.1) is 5.82 Å². The van der Waals surface area contributed by atoms with Gasteiger partial charge in [0.05, 0.1) is 18.8 Å². The van der Waals surface area contributed by atoms with E-state index in [0.717, 1.165) is 31.6 Å². The fourth-order valence-electron chi connectivity index (χ4n) is 2.61. The molecule has 1 aliphatic heterocycles. The van der Waals surface area contributed by atoms with Gasteiger partial charge in [0, 0.05) is 25.3 Å². The summed E-state index contributed by atoms with van der Waals surface area (Å²) < 4.78 is 19.2. The van der Waals surface area contributed by atoms with Crippen molar-refractivity contribution < 1.29 is 14.2 Å². The monoisotopic (exact) mass is 451 g/mol. The molecule has 3 N–H and O–H groups in total. The molecule has 1 aromatic rings. The van der Waals surface area contributed by atoms with Crippen LogP contribution in [0.3, 0.4) is 0 Å². The highest BCUT2D eigenvalue weighted by atomic mass is 127. The maximum atomic E-state index is 13.4. The number of nitrogens with one attached hydrogen (secondary N) is 2. The average molecular weight is 451 g/mol. The van der Waals surface area contributed by atoms with Gasteiger partial charge in [-0.2, -0.15) is 0 Å². The molecule has 0 bridgehead atoms. The topological polar surface area (TPSA) is 65.9 Å².